The van der Waals surface area contributed by atoms with Crippen LogP contribution < -0.4 is 5.32 Å². The molecule has 8 heteroatoms. The number of halogens is 3. The monoisotopic (exact) mass is 337 g/mol. The highest BCUT2D eigenvalue weighted by atomic mass is 32.2. The van der Waals surface area contributed by atoms with Crippen molar-refractivity contribution in [1.82, 2.24) is 4.98 Å². The molecule has 1 heterocycles. The maximum atomic E-state index is 12.4. The van der Waals surface area contributed by atoms with Gasteiger partial charge in [-0.1, -0.05) is 23.9 Å². The highest BCUT2D eigenvalue weighted by molar-refractivity contribution is 7.99. The Morgan fingerprint density at radius 2 is 2.00 bits per heavy atom. The number of benzene rings is 1. The lowest BCUT2D eigenvalue weighted by atomic mass is 10.2. The minimum absolute atomic E-state index is 0.0296. The van der Waals surface area contributed by atoms with Gasteiger partial charge < -0.3 is 5.32 Å². The van der Waals surface area contributed by atoms with Gasteiger partial charge >= 0.3 is 6.18 Å². The van der Waals surface area contributed by atoms with Crippen molar-refractivity contribution >= 4 is 23.4 Å². The lowest BCUT2D eigenvalue weighted by molar-refractivity contribution is -0.137. The SMILES string of the molecule is N#Cc1ccccc1NC(=O)CSc1ccc(C(F)(F)F)cn1. The number of thioether (sulfide) groups is 1. The Morgan fingerprint density at radius 3 is 2.61 bits per heavy atom. The molecule has 0 saturated heterocycles. The van der Waals surface area contributed by atoms with Crippen LogP contribution in [0.25, 0.3) is 0 Å². The summed E-state index contributed by atoms with van der Waals surface area (Å²) >= 11 is 1.01. The summed E-state index contributed by atoms with van der Waals surface area (Å²) in [5.74, 6) is -0.405. The second kappa shape index (κ2) is 7.15. The van der Waals surface area contributed by atoms with Gasteiger partial charge in [-0.05, 0) is 24.3 Å². The molecule has 1 aromatic carbocycles. The number of alkyl halides is 3. The number of nitrogens with zero attached hydrogens (tertiary/aromatic N) is 2. The number of anilines is 1. The highest BCUT2D eigenvalue weighted by Gasteiger charge is 2.30. The molecule has 0 radical (unpaired) electrons. The standard InChI is InChI=1S/C15H10F3N3OS/c16-15(17,18)11-5-6-14(20-8-11)23-9-13(22)21-12-4-2-1-3-10(12)7-19/h1-6,8H,9H2,(H,21,22). The second-order valence-corrected chi connectivity index (χ2v) is 5.37. The average molecular weight is 337 g/mol. The predicted molar refractivity (Wildman–Crippen MR) is 79.7 cm³/mol. The van der Waals surface area contributed by atoms with E-state index in [4.69, 9.17) is 5.26 Å². The number of hydrogen-bond donors (Lipinski definition) is 1. The topological polar surface area (TPSA) is 65.8 Å². The van der Waals surface area contributed by atoms with Crippen molar-refractivity contribution < 1.29 is 18.0 Å². The van der Waals surface area contributed by atoms with Crippen LogP contribution in [0.3, 0.4) is 0 Å². The summed E-state index contributed by atoms with van der Waals surface area (Å²) in [5.41, 5.74) is -0.117. The first kappa shape index (κ1) is 16.8. The molecule has 0 bridgehead atoms. The second-order valence-electron chi connectivity index (χ2n) is 4.38. The molecule has 0 aliphatic rings. The van der Waals surface area contributed by atoms with Gasteiger partial charge in [0.1, 0.15) is 6.07 Å². The number of nitriles is 1. The predicted octanol–water partition coefficient (Wildman–Crippen LogP) is 3.70. The first-order chi connectivity index (χ1) is 10.9. The molecule has 2 rings (SSSR count). The molecular formula is C15H10F3N3OS. The molecule has 1 aromatic heterocycles. The Hall–Kier alpha value is -2.53. The van der Waals surface area contributed by atoms with E-state index in [1.54, 1.807) is 24.3 Å². The van der Waals surface area contributed by atoms with E-state index in [0.717, 1.165) is 24.0 Å². The van der Waals surface area contributed by atoms with Crippen LogP contribution in [0.1, 0.15) is 11.1 Å². The molecule has 0 saturated carbocycles. The van der Waals surface area contributed by atoms with Gasteiger partial charge in [-0.3, -0.25) is 4.79 Å². The zero-order valence-electron chi connectivity index (χ0n) is 11.6. The Balaban J connectivity index is 1.93. The van der Waals surface area contributed by atoms with Gasteiger partial charge in [0, 0.05) is 6.20 Å². The third-order valence-corrected chi connectivity index (χ3v) is 3.68. The molecule has 1 N–H and O–H groups in total. The number of aromatic nitrogens is 1. The van der Waals surface area contributed by atoms with Gasteiger partial charge in [-0.2, -0.15) is 18.4 Å². The molecule has 0 atom stereocenters. The average Bonchev–Trinajstić information content (AvgIpc) is 2.53. The maximum Gasteiger partial charge on any atom is 0.417 e. The van der Waals surface area contributed by atoms with Crippen LogP contribution in [0.4, 0.5) is 18.9 Å². The van der Waals surface area contributed by atoms with Gasteiger partial charge in [0.2, 0.25) is 5.91 Å². The molecule has 1 amide bonds. The van der Waals surface area contributed by atoms with Crippen molar-refractivity contribution in [3.8, 4) is 6.07 Å². The lowest BCUT2D eigenvalue weighted by Gasteiger charge is -2.08. The molecule has 4 nitrogen and oxygen atoms in total. The third kappa shape index (κ3) is 4.72. The van der Waals surface area contributed by atoms with E-state index in [2.05, 4.69) is 10.3 Å². The van der Waals surface area contributed by atoms with E-state index in [1.165, 1.54) is 6.07 Å². The summed E-state index contributed by atoms with van der Waals surface area (Å²) in [6.07, 6.45) is -3.71. The number of rotatable bonds is 4. The van der Waals surface area contributed by atoms with Crippen LogP contribution in [-0.4, -0.2) is 16.6 Å². The van der Waals surface area contributed by atoms with E-state index in [9.17, 15) is 18.0 Å². The molecule has 118 valence electrons. The van der Waals surface area contributed by atoms with Crippen LogP contribution in [0.2, 0.25) is 0 Å². The minimum atomic E-state index is -4.44. The third-order valence-electron chi connectivity index (χ3n) is 2.74. The fourth-order valence-corrected chi connectivity index (χ4v) is 2.29. The first-order valence-corrected chi connectivity index (χ1v) is 7.34. The van der Waals surface area contributed by atoms with Crippen molar-refractivity contribution in [1.29, 1.82) is 5.26 Å². The number of carbonyl (C=O) groups excluding carboxylic acids is 1. The Labute approximate surface area is 134 Å². The van der Waals surface area contributed by atoms with Crippen LogP contribution in [0.5, 0.6) is 0 Å². The van der Waals surface area contributed by atoms with Crippen molar-refractivity contribution in [2.45, 2.75) is 11.2 Å². The first-order valence-electron chi connectivity index (χ1n) is 6.35. The van der Waals surface area contributed by atoms with E-state index in [-0.39, 0.29) is 11.7 Å². The molecule has 0 aliphatic carbocycles. The maximum absolute atomic E-state index is 12.4. The summed E-state index contributed by atoms with van der Waals surface area (Å²) in [6, 6.07) is 10.6. The molecule has 0 spiro atoms. The van der Waals surface area contributed by atoms with Crippen molar-refractivity contribution in [3.63, 3.8) is 0 Å². The normalized spacial score (nSPS) is 10.9. The summed E-state index contributed by atoms with van der Waals surface area (Å²) in [4.78, 5) is 15.5. The van der Waals surface area contributed by atoms with Crippen LogP contribution in [0.15, 0.2) is 47.6 Å². The van der Waals surface area contributed by atoms with Crippen molar-refractivity contribution in [3.05, 3.63) is 53.7 Å². The number of carbonyl (C=O) groups is 1. The highest BCUT2D eigenvalue weighted by Crippen LogP contribution is 2.29. The molecule has 0 aliphatic heterocycles. The molecule has 2 aromatic rings. The number of nitrogens with one attached hydrogen (secondary N) is 1. The fourth-order valence-electron chi connectivity index (χ4n) is 1.65. The molecule has 0 unspecified atom stereocenters. The van der Waals surface area contributed by atoms with Gasteiger partial charge in [-0.25, -0.2) is 4.98 Å². The molecule has 0 fully saturated rings. The van der Waals surface area contributed by atoms with Gasteiger partial charge in [0.05, 0.1) is 27.6 Å². The van der Waals surface area contributed by atoms with Crippen molar-refractivity contribution in [2.75, 3.05) is 11.1 Å². The van der Waals surface area contributed by atoms with E-state index in [1.807, 2.05) is 6.07 Å². The summed E-state index contributed by atoms with van der Waals surface area (Å²) in [6.45, 7) is 0. The smallest absolute Gasteiger partial charge is 0.324 e. The van der Waals surface area contributed by atoms with E-state index < -0.39 is 11.7 Å². The quantitative estimate of drug-likeness (QED) is 0.864. The van der Waals surface area contributed by atoms with E-state index in [0.29, 0.717) is 16.3 Å². The largest absolute Gasteiger partial charge is 0.417 e. The van der Waals surface area contributed by atoms with Crippen LogP contribution >= 0.6 is 11.8 Å². The Kier molecular flexibility index (Phi) is 5.24. The summed E-state index contributed by atoms with van der Waals surface area (Å²) < 4.78 is 37.2. The minimum Gasteiger partial charge on any atom is -0.324 e. The van der Waals surface area contributed by atoms with E-state index >= 15 is 0 Å². The number of hydrogen-bond acceptors (Lipinski definition) is 4. The molecular weight excluding hydrogens is 327 g/mol. The number of para-hydroxylation sites is 1. The Morgan fingerprint density at radius 1 is 1.26 bits per heavy atom. The van der Waals surface area contributed by atoms with Crippen molar-refractivity contribution in [2.24, 2.45) is 0 Å². The van der Waals surface area contributed by atoms with Gasteiger partial charge in [-0.15, -0.1) is 0 Å². The zero-order valence-corrected chi connectivity index (χ0v) is 12.4. The van der Waals surface area contributed by atoms with Gasteiger partial charge in [0.15, 0.2) is 0 Å². The van der Waals surface area contributed by atoms with Gasteiger partial charge in [0.25, 0.3) is 0 Å². The zero-order chi connectivity index (χ0) is 16.9. The van der Waals surface area contributed by atoms with Crippen LogP contribution in [-0.2, 0) is 11.0 Å². The summed E-state index contributed by atoms with van der Waals surface area (Å²) in [5, 5.41) is 11.8. The van der Waals surface area contributed by atoms with Crippen LogP contribution in [0, 0.1) is 11.3 Å². The summed E-state index contributed by atoms with van der Waals surface area (Å²) in [7, 11) is 0. The fraction of sp³-hybridized carbons (Fsp3) is 0.133. The lowest BCUT2D eigenvalue weighted by Crippen LogP contribution is -2.15. The number of amides is 1. The number of pyridine rings is 1. The molecule has 23 heavy (non-hydrogen) atoms. The Bertz CT molecular complexity index is 739.